The van der Waals surface area contributed by atoms with Crippen LogP contribution in [-0.4, -0.2) is 12.8 Å². The topological polar surface area (TPSA) is 20.3 Å². The van der Waals surface area contributed by atoms with Crippen LogP contribution in [0.3, 0.4) is 0 Å². The first-order valence-corrected chi connectivity index (χ1v) is 6.84. The number of aldehydes is 1. The van der Waals surface area contributed by atoms with E-state index in [1.807, 2.05) is 3.11 Å². The van der Waals surface area contributed by atoms with Gasteiger partial charge in [0, 0.05) is 5.69 Å². The van der Waals surface area contributed by atoms with Gasteiger partial charge in [-0.2, -0.15) is 0 Å². The zero-order chi connectivity index (χ0) is 12.5. The minimum atomic E-state index is 0.423. The van der Waals surface area contributed by atoms with Crippen molar-refractivity contribution in [3.63, 3.8) is 0 Å². The normalized spacial score (nSPS) is 11.8. The lowest BCUT2D eigenvalue weighted by atomic mass is 10.1. The van der Waals surface area contributed by atoms with Crippen LogP contribution in [0.25, 0.3) is 11.1 Å². The number of hydrogen-bond acceptors (Lipinski definition) is 2. The van der Waals surface area contributed by atoms with Gasteiger partial charge in [-0.3, -0.25) is 0 Å². The minimum absolute atomic E-state index is 0.423. The molecule has 0 amide bonds. The molecule has 1 aliphatic rings. The molecule has 0 aliphatic heterocycles. The van der Waals surface area contributed by atoms with E-state index in [0.717, 1.165) is 18.4 Å². The third-order valence-corrected chi connectivity index (χ3v) is 4.24. The van der Waals surface area contributed by atoms with Crippen LogP contribution < -0.4 is 3.11 Å². The summed E-state index contributed by atoms with van der Waals surface area (Å²) in [6, 6.07) is 15.0. The monoisotopic (exact) mass is 349 g/mol. The molecule has 0 bridgehead atoms. The predicted molar refractivity (Wildman–Crippen MR) is 82.1 cm³/mol. The molecule has 2 nitrogen and oxygen atoms in total. The summed E-state index contributed by atoms with van der Waals surface area (Å²) in [5, 5.41) is 0. The average molecular weight is 349 g/mol. The second kappa shape index (κ2) is 4.72. The Morgan fingerprint density at radius 1 is 1.11 bits per heavy atom. The molecule has 0 radical (unpaired) electrons. The standard InChI is InChI=1S/C15H12INO/c16-17(7-8-18)13-5-6-15-12(10-13)9-11-3-1-2-4-14(11)15/h1-6,8,10H,7,9H2. The Balaban J connectivity index is 2.00. The molecule has 18 heavy (non-hydrogen) atoms. The van der Waals surface area contributed by atoms with Gasteiger partial charge < -0.3 is 7.91 Å². The zero-order valence-electron chi connectivity index (χ0n) is 9.77. The molecular weight excluding hydrogens is 337 g/mol. The number of benzene rings is 2. The molecule has 3 heteroatoms. The third-order valence-electron chi connectivity index (χ3n) is 3.29. The molecular formula is C15H12INO. The highest BCUT2D eigenvalue weighted by atomic mass is 127. The number of hydrogen-bond donors (Lipinski definition) is 0. The Kier molecular flexibility index (Phi) is 3.07. The number of rotatable bonds is 3. The molecule has 1 aliphatic carbocycles. The van der Waals surface area contributed by atoms with Crippen LogP contribution in [-0.2, 0) is 11.2 Å². The van der Waals surface area contributed by atoms with E-state index in [2.05, 4.69) is 65.3 Å². The summed E-state index contributed by atoms with van der Waals surface area (Å²) in [7, 11) is 0. The molecule has 0 spiro atoms. The van der Waals surface area contributed by atoms with E-state index in [1.165, 1.54) is 22.3 Å². The van der Waals surface area contributed by atoms with E-state index in [1.54, 1.807) is 0 Å². The van der Waals surface area contributed by atoms with Gasteiger partial charge in [0.2, 0.25) is 0 Å². The number of fused-ring (bicyclic) bond motifs is 3. The summed E-state index contributed by atoms with van der Waals surface area (Å²) in [5.74, 6) is 0. The third kappa shape index (κ3) is 1.92. The first-order chi connectivity index (χ1) is 8.79. The van der Waals surface area contributed by atoms with Crippen molar-refractivity contribution >= 4 is 34.8 Å². The molecule has 0 saturated carbocycles. The van der Waals surface area contributed by atoms with Gasteiger partial charge in [-0.15, -0.1) is 0 Å². The van der Waals surface area contributed by atoms with Crippen LogP contribution >= 0.6 is 22.9 Å². The largest absolute Gasteiger partial charge is 0.308 e. The highest BCUT2D eigenvalue weighted by molar-refractivity contribution is 14.1. The number of nitrogens with zero attached hydrogens (tertiary/aromatic N) is 1. The molecule has 0 heterocycles. The average Bonchev–Trinajstić information content (AvgIpc) is 2.76. The van der Waals surface area contributed by atoms with Gasteiger partial charge in [0.05, 0.1) is 29.4 Å². The summed E-state index contributed by atoms with van der Waals surface area (Å²) >= 11 is 2.17. The van der Waals surface area contributed by atoms with Crippen molar-refractivity contribution in [3.05, 3.63) is 53.6 Å². The van der Waals surface area contributed by atoms with Gasteiger partial charge in [0.15, 0.2) is 0 Å². The zero-order valence-corrected chi connectivity index (χ0v) is 11.9. The smallest absolute Gasteiger partial charge is 0.140 e. The van der Waals surface area contributed by atoms with Gasteiger partial charge in [0.25, 0.3) is 0 Å². The Labute approximate surface area is 120 Å². The quantitative estimate of drug-likeness (QED) is 0.409. The predicted octanol–water partition coefficient (Wildman–Crippen LogP) is 3.61. The number of anilines is 1. The first-order valence-electron chi connectivity index (χ1n) is 5.88. The Morgan fingerprint density at radius 2 is 1.89 bits per heavy atom. The van der Waals surface area contributed by atoms with Crippen molar-refractivity contribution in [2.45, 2.75) is 6.42 Å². The van der Waals surface area contributed by atoms with Crippen molar-refractivity contribution in [3.8, 4) is 11.1 Å². The van der Waals surface area contributed by atoms with E-state index in [4.69, 9.17) is 0 Å². The van der Waals surface area contributed by atoms with Crippen LogP contribution in [0, 0.1) is 0 Å². The summed E-state index contributed by atoms with van der Waals surface area (Å²) in [5.41, 5.74) is 6.50. The van der Waals surface area contributed by atoms with Gasteiger partial charge in [0.1, 0.15) is 6.29 Å². The van der Waals surface area contributed by atoms with E-state index in [0.29, 0.717) is 6.54 Å². The van der Waals surface area contributed by atoms with E-state index in [9.17, 15) is 4.79 Å². The summed E-state index contributed by atoms with van der Waals surface area (Å²) < 4.78 is 1.94. The molecule has 3 rings (SSSR count). The van der Waals surface area contributed by atoms with Crippen LogP contribution in [0.1, 0.15) is 11.1 Å². The van der Waals surface area contributed by atoms with Crippen molar-refractivity contribution < 1.29 is 4.79 Å². The molecule has 2 aromatic carbocycles. The number of carbonyl (C=O) groups excluding carboxylic acids is 1. The SMILES string of the molecule is O=CCN(I)c1ccc2c(c1)Cc1ccccc1-2. The highest BCUT2D eigenvalue weighted by Gasteiger charge is 2.18. The maximum atomic E-state index is 10.6. The van der Waals surface area contributed by atoms with Crippen LogP contribution in [0.5, 0.6) is 0 Å². The Bertz CT molecular complexity index is 609. The van der Waals surface area contributed by atoms with Gasteiger partial charge in [-0.1, -0.05) is 30.3 Å². The lowest BCUT2D eigenvalue weighted by molar-refractivity contribution is -0.106. The molecule has 0 N–H and O–H groups in total. The fourth-order valence-electron chi connectivity index (χ4n) is 2.45. The van der Waals surface area contributed by atoms with Crippen molar-refractivity contribution in [1.29, 1.82) is 0 Å². The highest BCUT2D eigenvalue weighted by Crippen LogP contribution is 2.38. The maximum absolute atomic E-state index is 10.6. The van der Waals surface area contributed by atoms with Crippen molar-refractivity contribution in [1.82, 2.24) is 0 Å². The maximum Gasteiger partial charge on any atom is 0.140 e. The molecule has 2 aromatic rings. The number of carbonyl (C=O) groups is 1. The Morgan fingerprint density at radius 3 is 2.72 bits per heavy atom. The summed E-state index contributed by atoms with van der Waals surface area (Å²) in [6.45, 7) is 0.423. The molecule has 0 fully saturated rings. The Hall–Kier alpha value is -1.36. The lowest BCUT2D eigenvalue weighted by Gasteiger charge is -2.14. The van der Waals surface area contributed by atoms with Crippen molar-refractivity contribution in [2.24, 2.45) is 0 Å². The lowest BCUT2D eigenvalue weighted by Crippen LogP contribution is -2.11. The minimum Gasteiger partial charge on any atom is -0.308 e. The number of halogens is 1. The molecule has 0 saturated heterocycles. The summed E-state index contributed by atoms with van der Waals surface area (Å²) in [4.78, 5) is 10.6. The van der Waals surface area contributed by atoms with Gasteiger partial charge in [-0.05, 0) is 40.8 Å². The van der Waals surface area contributed by atoms with E-state index >= 15 is 0 Å². The molecule has 0 aromatic heterocycles. The molecule has 90 valence electrons. The van der Waals surface area contributed by atoms with Crippen LogP contribution in [0.15, 0.2) is 42.5 Å². The molecule has 0 atom stereocenters. The van der Waals surface area contributed by atoms with E-state index in [-0.39, 0.29) is 0 Å². The van der Waals surface area contributed by atoms with Crippen LogP contribution in [0.4, 0.5) is 5.69 Å². The molecule has 0 unspecified atom stereocenters. The summed E-state index contributed by atoms with van der Waals surface area (Å²) in [6.07, 6.45) is 1.92. The first kappa shape index (κ1) is 11.7. The second-order valence-electron chi connectivity index (χ2n) is 4.39. The van der Waals surface area contributed by atoms with Gasteiger partial charge >= 0.3 is 0 Å². The van der Waals surface area contributed by atoms with Crippen molar-refractivity contribution in [2.75, 3.05) is 9.66 Å². The van der Waals surface area contributed by atoms with E-state index < -0.39 is 0 Å². The fraction of sp³-hybridized carbons (Fsp3) is 0.133. The van der Waals surface area contributed by atoms with Crippen LogP contribution in [0.2, 0.25) is 0 Å². The second-order valence-corrected chi connectivity index (χ2v) is 5.55. The van der Waals surface area contributed by atoms with Gasteiger partial charge in [-0.25, -0.2) is 0 Å². The fourth-order valence-corrected chi connectivity index (χ4v) is 2.91.